The Kier molecular flexibility index (Phi) is 3.65. The number of ether oxygens (including phenoxy) is 1. The van der Waals surface area contributed by atoms with Crippen molar-refractivity contribution >= 4 is 18.1 Å². The molecule has 2 saturated heterocycles. The highest BCUT2D eigenvalue weighted by Crippen LogP contribution is 2.39. The molecule has 2 rings (SSSR count). The fourth-order valence-corrected chi connectivity index (χ4v) is 3.14. The number of nitrogens with zero attached hydrogens (tertiary/aromatic N) is 1. The first-order valence-electron chi connectivity index (χ1n) is 6.87. The number of carbonyl (C=O) groups is 2. The number of carbonyl (C=O) groups excluding carboxylic acids is 2. The minimum Gasteiger partial charge on any atom is -0.444 e. The van der Waals surface area contributed by atoms with Crippen LogP contribution in [0.5, 0.6) is 0 Å². The molecular formula is C14H22N2O3. The minimum absolute atomic E-state index is 0.0892. The van der Waals surface area contributed by atoms with Gasteiger partial charge in [0.2, 0.25) is 0 Å². The molecule has 1 unspecified atom stereocenters. The highest BCUT2D eigenvalue weighted by Gasteiger charge is 2.46. The smallest absolute Gasteiger partial charge is 0.410 e. The zero-order valence-electron chi connectivity index (χ0n) is 11.8. The number of rotatable bonds is 2. The Morgan fingerprint density at radius 3 is 2.16 bits per heavy atom. The van der Waals surface area contributed by atoms with Crippen LogP contribution >= 0.6 is 0 Å². The summed E-state index contributed by atoms with van der Waals surface area (Å²) >= 11 is 0. The van der Waals surface area contributed by atoms with Crippen molar-refractivity contribution in [2.75, 3.05) is 0 Å². The van der Waals surface area contributed by atoms with Crippen LogP contribution in [0.3, 0.4) is 0 Å². The number of hydrogen-bond donors (Lipinski definition) is 1. The van der Waals surface area contributed by atoms with E-state index in [4.69, 9.17) is 10.1 Å². The van der Waals surface area contributed by atoms with Crippen LogP contribution in [0.25, 0.3) is 0 Å². The molecule has 0 aromatic carbocycles. The highest BCUT2D eigenvalue weighted by atomic mass is 16.6. The summed E-state index contributed by atoms with van der Waals surface area (Å²) in [6.07, 6.45) is 3.86. The first kappa shape index (κ1) is 14.0. The molecule has 5 heteroatoms. The van der Waals surface area contributed by atoms with Gasteiger partial charge in [-0.05, 0) is 46.5 Å². The first-order valence-corrected chi connectivity index (χ1v) is 6.87. The Morgan fingerprint density at radius 1 is 1.21 bits per heavy atom. The Bertz CT molecular complexity index is 386. The molecule has 2 bridgehead atoms. The van der Waals surface area contributed by atoms with E-state index in [0.717, 1.165) is 19.1 Å². The second-order valence-electron chi connectivity index (χ2n) is 6.49. The SMILES string of the molecule is CC(C)(C)OC(=O)N1[C@@H]2CC[C@H]1CC(C(=O)C=N)C2. The Balaban J connectivity index is 2.05. The largest absolute Gasteiger partial charge is 0.444 e. The summed E-state index contributed by atoms with van der Waals surface area (Å²) in [5.41, 5.74) is -0.488. The van der Waals surface area contributed by atoms with Crippen molar-refractivity contribution in [3.8, 4) is 0 Å². The Labute approximate surface area is 113 Å². The minimum atomic E-state index is -0.488. The van der Waals surface area contributed by atoms with Crippen LogP contribution < -0.4 is 0 Å². The van der Waals surface area contributed by atoms with E-state index in [1.807, 2.05) is 25.7 Å². The van der Waals surface area contributed by atoms with Gasteiger partial charge in [0.1, 0.15) is 5.60 Å². The van der Waals surface area contributed by atoms with E-state index in [0.29, 0.717) is 12.8 Å². The van der Waals surface area contributed by atoms with Crippen molar-refractivity contribution in [3.05, 3.63) is 0 Å². The van der Waals surface area contributed by atoms with Gasteiger partial charge in [-0.3, -0.25) is 4.79 Å². The average molecular weight is 266 g/mol. The quantitative estimate of drug-likeness (QED) is 0.780. The van der Waals surface area contributed by atoms with Gasteiger partial charge >= 0.3 is 6.09 Å². The fraction of sp³-hybridized carbons (Fsp3) is 0.786. The van der Waals surface area contributed by atoms with Gasteiger partial charge in [-0.15, -0.1) is 0 Å². The lowest BCUT2D eigenvalue weighted by Gasteiger charge is -2.38. The van der Waals surface area contributed by atoms with Crippen LogP contribution in [0.1, 0.15) is 46.5 Å². The first-order chi connectivity index (χ1) is 8.81. The second kappa shape index (κ2) is 4.94. The molecule has 3 atom stereocenters. The zero-order chi connectivity index (χ0) is 14.2. The third kappa shape index (κ3) is 2.96. The maximum Gasteiger partial charge on any atom is 0.410 e. The van der Waals surface area contributed by atoms with Crippen molar-refractivity contribution in [2.24, 2.45) is 5.92 Å². The Hall–Kier alpha value is -1.39. The molecule has 2 fully saturated rings. The van der Waals surface area contributed by atoms with E-state index in [9.17, 15) is 9.59 Å². The lowest BCUT2D eigenvalue weighted by molar-refractivity contribution is -0.118. The summed E-state index contributed by atoms with van der Waals surface area (Å²) in [5, 5.41) is 7.07. The highest BCUT2D eigenvalue weighted by molar-refractivity contribution is 6.27. The number of ketones is 1. The molecule has 2 heterocycles. The summed E-state index contributed by atoms with van der Waals surface area (Å²) in [6, 6.07) is 0.199. The number of amides is 1. The monoisotopic (exact) mass is 266 g/mol. The summed E-state index contributed by atoms with van der Waals surface area (Å²) in [5.74, 6) is -0.200. The van der Waals surface area contributed by atoms with E-state index >= 15 is 0 Å². The van der Waals surface area contributed by atoms with Crippen LogP contribution in [-0.4, -0.2) is 40.7 Å². The van der Waals surface area contributed by atoms with E-state index in [-0.39, 0.29) is 29.9 Å². The van der Waals surface area contributed by atoms with Gasteiger partial charge in [0.15, 0.2) is 5.78 Å². The average Bonchev–Trinajstić information content (AvgIpc) is 2.57. The molecule has 1 amide bonds. The maximum atomic E-state index is 12.2. The molecular weight excluding hydrogens is 244 g/mol. The summed E-state index contributed by atoms with van der Waals surface area (Å²) < 4.78 is 5.44. The third-order valence-corrected chi connectivity index (χ3v) is 3.88. The second-order valence-corrected chi connectivity index (χ2v) is 6.49. The summed E-state index contributed by atoms with van der Waals surface area (Å²) in [6.45, 7) is 5.58. The molecule has 0 radical (unpaired) electrons. The lowest BCUT2D eigenvalue weighted by Crippen LogP contribution is -2.49. The van der Waals surface area contributed by atoms with Crippen molar-refractivity contribution < 1.29 is 14.3 Å². The number of piperidine rings is 1. The van der Waals surface area contributed by atoms with Crippen LogP contribution in [0.4, 0.5) is 4.79 Å². The molecule has 0 aromatic heterocycles. The molecule has 0 saturated carbocycles. The zero-order valence-corrected chi connectivity index (χ0v) is 11.8. The molecule has 0 aromatic rings. The lowest BCUT2D eigenvalue weighted by atomic mass is 9.88. The standard InChI is InChI=1S/C14H22N2O3/c1-14(2,3)19-13(18)16-10-4-5-11(16)7-9(6-10)12(17)8-15/h8-11,15H,4-7H2,1-3H3/t9?,10-,11+. The molecule has 2 aliphatic heterocycles. The molecule has 106 valence electrons. The van der Waals surface area contributed by atoms with Crippen molar-refractivity contribution in [3.63, 3.8) is 0 Å². The van der Waals surface area contributed by atoms with Gasteiger partial charge < -0.3 is 15.0 Å². The number of Topliss-reactive ketones (excluding diaryl/α,β-unsaturated/α-hetero) is 1. The summed E-state index contributed by atoms with van der Waals surface area (Å²) in [7, 11) is 0. The van der Waals surface area contributed by atoms with Crippen molar-refractivity contribution in [1.82, 2.24) is 4.90 Å². The van der Waals surface area contributed by atoms with Gasteiger partial charge in [-0.1, -0.05) is 0 Å². The molecule has 0 aliphatic carbocycles. The molecule has 5 nitrogen and oxygen atoms in total. The normalized spacial score (nSPS) is 30.1. The van der Waals surface area contributed by atoms with Gasteiger partial charge in [0.05, 0.1) is 6.21 Å². The van der Waals surface area contributed by atoms with E-state index in [1.54, 1.807) is 0 Å². The molecule has 1 N–H and O–H groups in total. The van der Waals surface area contributed by atoms with E-state index in [1.165, 1.54) is 0 Å². The topological polar surface area (TPSA) is 70.5 Å². The Morgan fingerprint density at radius 2 is 1.74 bits per heavy atom. The predicted molar refractivity (Wildman–Crippen MR) is 71.4 cm³/mol. The summed E-state index contributed by atoms with van der Waals surface area (Å²) in [4.78, 5) is 25.6. The van der Waals surface area contributed by atoms with Gasteiger partial charge in [0.25, 0.3) is 0 Å². The molecule has 2 aliphatic rings. The third-order valence-electron chi connectivity index (χ3n) is 3.88. The predicted octanol–water partition coefficient (Wildman–Crippen LogP) is 2.38. The number of hydrogen-bond acceptors (Lipinski definition) is 4. The fourth-order valence-electron chi connectivity index (χ4n) is 3.14. The van der Waals surface area contributed by atoms with Gasteiger partial charge in [-0.2, -0.15) is 0 Å². The van der Waals surface area contributed by atoms with Crippen LogP contribution in [0.2, 0.25) is 0 Å². The molecule has 19 heavy (non-hydrogen) atoms. The van der Waals surface area contributed by atoms with Crippen LogP contribution in [-0.2, 0) is 9.53 Å². The van der Waals surface area contributed by atoms with Crippen molar-refractivity contribution in [2.45, 2.75) is 64.1 Å². The van der Waals surface area contributed by atoms with Crippen LogP contribution in [0.15, 0.2) is 0 Å². The van der Waals surface area contributed by atoms with Crippen molar-refractivity contribution in [1.29, 1.82) is 5.41 Å². The molecule has 0 spiro atoms. The van der Waals surface area contributed by atoms with Gasteiger partial charge in [-0.25, -0.2) is 4.79 Å². The van der Waals surface area contributed by atoms with Crippen LogP contribution in [0, 0.1) is 11.3 Å². The maximum absolute atomic E-state index is 12.2. The number of fused-ring (bicyclic) bond motifs is 2. The van der Waals surface area contributed by atoms with Gasteiger partial charge in [0, 0.05) is 18.0 Å². The van der Waals surface area contributed by atoms with E-state index < -0.39 is 5.60 Å². The van der Waals surface area contributed by atoms with E-state index in [2.05, 4.69) is 0 Å². The number of nitrogens with one attached hydrogen (secondary N) is 1.